The molecule has 182 valence electrons. The number of rotatable bonds is 9. The number of hydrogen-bond donors (Lipinski definition) is 2. The van der Waals surface area contributed by atoms with Crippen LogP contribution in [0.1, 0.15) is 19.4 Å². The van der Waals surface area contributed by atoms with Crippen LogP contribution in [0.15, 0.2) is 84.1 Å². The first-order valence-corrected chi connectivity index (χ1v) is 12.9. The van der Waals surface area contributed by atoms with E-state index in [0.29, 0.717) is 17.6 Å². The molecule has 1 amide bonds. The highest BCUT2D eigenvalue weighted by atomic mass is 32.2. The molecule has 0 fully saturated rings. The molecule has 2 N–H and O–H groups in total. The van der Waals surface area contributed by atoms with E-state index in [1.807, 2.05) is 84.4 Å². The molecule has 0 aliphatic rings. The summed E-state index contributed by atoms with van der Waals surface area (Å²) in [5.41, 5.74) is 4.87. The van der Waals surface area contributed by atoms with E-state index in [4.69, 9.17) is 4.74 Å². The molecule has 5 aromatic rings. The van der Waals surface area contributed by atoms with E-state index in [1.165, 1.54) is 17.3 Å². The summed E-state index contributed by atoms with van der Waals surface area (Å²) in [4.78, 5) is 16.0. The largest absolute Gasteiger partial charge is 0.494 e. The lowest BCUT2D eigenvalue weighted by molar-refractivity contribution is -0.113. The molecule has 8 heteroatoms. The average molecular weight is 498 g/mol. The number of hydrogen-bond acceptors (Lipinski definition) is 5. The van der Waals surface area contributed by atoms with Crippen LogP contribution in [0.4, 0.5) is 5.69 Å². The van der Waals surface area contributed by atoms with Gasteiger partial charge in [0, 0.05) is 34.0 Å². The van der Waals surface area contributed by atoms with Crippen LogP contribution in [-0.2, 0) is 11.2 Å². The number of para-hydroxylation sites is 1. The summed E-state index contributed by atoms with van der Waals surface area (Å²) in [5.74, 6) is 1.61. The van der Waals surface area contributed by atoms with Gasteiger partial charge in [0.25, 0.3) is 0 Å². The molecule has 2 aromatic heterocycles. The van der Waals surface area contributed by atoms with E-state index in [0.717, 1.165) is 40.0 Å². The number of aryl methyl sites for hydroxylation is 1. The number of anilines is 1. The fraction of sp³-hybridized carbons (Fsp3) is 0.179. The van der Waals surface area contributed by atoms with Gasteiger partial charge in [0.05, 0.1) is 12.4 Å². The van der Waals surface area contributed by atoms with Crippen molar-refractivity contribution in [3.8, 4) is 22.8 Å². The fourth-order valence-corrected chi connectivity index (χ4v) is 4.79. The summed E-state index contributed by atoms with van der Waals surface area (Å²) < 4.78 is 7.60. The Balaban J connectivity index is 1.44. The van der Waals surface area contributed by atoms with E-state index < -0.39 is 0 Å². The molecule has 0 spiro atoms. The lowest BCUT2D eigenvalue weighted by Crippen LogP contribution is -2.14. The quantitative estimate of drug-likeness (QED) is 0.240. The predicted octanol–water partition coefficient (Wildman–Crippen LogP) is 6.11. The van der Waals surface area contributed by atoms with Gasteiger partial charge in [-0.1, -0.05) is 49.0 Å². The van der Waals surface area contributed by atoms with Crippen LogP contribution in [-0.4, -0.2) is 38.0 Å². The van der Waals surface area contributed by atoms with Gasteiger partial charge in [0.2, 0.25) is 5.91 Å². The molecule has 0 radical (unpaired) electrons. The molecule has 0 bridgehead atoms. The number of amides is 1. The van der Waals surface area contributed by atoms with Crippen LogP contribution in [0.2, 0.25) is 0 Å². The second-order valence-corrected chi connectivity index (χ2v) is 9.15. The lowest BCUT2D eigenvalue weighted by Gasteiger charge is -2.11. The summed E-state index contributed by atoms with van der Waals surface area (Å²) >= 11 is 1.35. The standard InChI is InChI=1S/C28H27N5O2S/c1-3-19-9-11-20(12-10-19)30-26(34)18-36-28-32-31-27(24-17-29-25-8-6-5-7-23(24)25)33(28)21-13-15-22(16-14-21)35-4-2/h5-17,29H,3-4,18H2,1-2H3,(H,30,34). The molecule has 0 saturated carbocycles. The van der Waals surface area contributed by atoms with Crippen LogP contribution in [0.5, 0.6) is 5.75 Å². The number of nitrogens with zero attached hydrogens (tertiary/aromatic N) is 3. The van der Waals surface area contributed by atoms with Crippen molar-refractivity contribution in [2.75, 3.05) is 17.7 Å². The zero-order chi connectivity index (χ0) is 24.9. The number of H-pyrrole nitrogens is 1. The van der Waals surface area contributed by atoms with Crippen LogP contribution in [0.25, 0.3) is 28.0 Å². The smallest absolute Gasteiger partial charge is 0.234 e. The third kappa shape index (κ3) is 4.99. The minimum absolute atomic E-state index is 0.0980. The van der Waals surface area contributed by atoms with Crippen LogP contribution < -0.4 is 10.1 Å². The van der Waals surface area contributed by atoms with Gasteiger partial charge >= 0.3 is 0 Å². The number of thioether (sulfide) groups is 1. The van der Waals surface area contributed by atoms with Gasteiger partial charge in [0.15, 0.2) is 11.0 Å². The summed E-state index contributed by atoms with van der Waals surface area (Å²) in [7, 11) is 0. The predicted molar refractivity (Wildman–Crippen MR) is 145 cm³/mol. The Kier molecular flexibility index (Phi) is 7.04. The maximum absolute atomic E-state index is 12.7. The molecule has 0 saturated heterocycles. The van der Waals surface area contributed by atoms with E-state index in [1.54, 1.807) is 0 Å². The number of aromatic amines is 1. The second-order valence-electron chi connectivity index (χ2n) is 8.20. The Morgan fingerprint density at radius 1 is 1.00 bits per heavy atom. The van der Waals surface area contributed by atoms with Gasteiger partial charge in [-0.3, -0.25) is 9.36 Å². The first kappa shape index (κ1) is 23.7. The SMILES string of the molecule is CCOc1ccc(-n2c(SCC(=O)Nc3ccc(CC)cc3)nnc2-c2c[nH]c3ccccc23)cc1. The van der Waals surface area contributed by atoms with Gasteiger partial charge in [-0.25, -0.2) is 0 Å². The monoisotopic (exact) mass is 497 g/mol. The molecule has 0 aliphatic carbocycles. The lowest BCUT2D eigenvalue weighted by atomic mass is 10.1. The van der Waals surface area contributed by atoms with Gasteiger partial charge in [-0.2, -0.15) is 0 Å². The molecular formula is C28H27N5O2S. The Morgan fingerprint density at radius 3 is 2.53 bits per heavy atom. The third-order valence-electron chi connectivity index (χ3n) is 5.85. The molecule has 0 aliphatic heterocycles. The van der Waals surface area contributed by atoms with Gasteiger partial charge < -0.3 is 15.0 Å². The fourth-order valence-electron chi connectivity index (χ4n) is 4.04. The van der Waals surface area contributed by atoms with E-state index in [-0.39, 0.29) is 11.7 Å². The van der Waals surface area contributed by atoms with Gasteiger partial charge in [-0.15, -0.1) is 10.2 Å². The number of carbonyl (C=O) groups is 1. The highest BCUT2D eigenvalue weighted by Gasteiger charge is 2.20. The van der Waals surface area contributed by atoms with Crippen molar-refractivity contribution in [3.63, 3.8) is 0 Å². The van der Waals surface area contributed by atoms with Crippen molar-refractivity contribution in [3.05, 3.63) is 84.6 Å². The summed E-state index contributed by atoms with van der Waals surface area (Å²) in [6.45, 7) is 4.67. The van der Waals surface area contributed by atoms with Crippen LogP contribution in [0.3, 0.4) is 0 Å². The Morgan fingerprint density at radius 2 is 1.78 bits per heavy atom. The van der Waals surface area contributed by atoms with Crippen molar-refractivity contribution in [2.24, 2.45) is 0 Å². The highest BCUT2D eigenvalue weighted by Crippen LogP contribution is 2.33. The summed E-state index contributed by atoms with van der Waals surface area (Å²) in [6.07, 6.45) is 2.91. The topological polar surface area (TPSA) is 84.8 Å². The molecule has 3 aromatic carbocycles. The van der Waals surface area contributed by atoms with Crippen molar-refractivity contribution < 1.29 is 9.53 Å². The molecule has 2 heterocycles. The number of ether oxygens (including phenoxy) is 1. The van der Waals surface area contributed by atoms with Crippen molar-refractivity contribution >= 4 is 34.3 Å². The number of benzene rings is 3. The molecule has 5 rings (SSSR count). The first-order valence-electron chi connectivity index (χ1n) is 11.9. The first-order chi connectivity index (χ1) is 17.7. The van der Waals surface area contributed by atoms with Crippen LogP contribution in [0, 0.1) is 0 Å². The third-order valence-corrected chi connectivity index (χ3v) is 6.78. The number of aromatic nitrogens is 4. The Hall–Kier alpha value is -4.04. The molecule has 36 heavy (non-hydrogen) atoms. The van der Waals surface area contributed by atoms with Gasteiger partial charge in [-0.05, 0) is 61.4 Å². The summed E-state index contributed by atoms with van der Waals surface area (Å²) in [6, 6.07) is 23.8. The van der Waals surface area contributed by atoms with Gasteiger partial charge in [0.1, 0.15) is 5.75 Å². The van der Waals surface area contributed by atoms with E-state index in [9.17, 15) is 4.79 Å². The zero-order valence-corrected chi connectivity index (χ0v) is 21.0. The zero-order valence-electron chi connectivity index (χ0n) is 20.2. The van der Waals surface area contributed by atoms with E-state index in [2.05, 4.69) is 33.5 Å². The number of nitrogens with one attached hydrogen (secondary N) is 2. The minimum atomic E-state index is -0.0980. The van der Waals surface area contributed by atoms with Crippen molar-refractivity contribution in [1.82, 2.24) is 19.7 Å². The Bertz CT molecular complexity index is 1470. The molecule has 0 atom stereocenters. The number of fused-ring (bicyclic) bond motifs is 1. The number of carbonyl (C=O) groups excluding carboxylic acids is 1. The summed E-state index contributed by atoms with van der Waals surface area (Å²) in [5, 5.41) is 13.7. The minimum Gasteiger partial charge on any atom is -0.494 e. The average Bonchev–Trinajstić information content (AvgIpc) is 3.53. The second kappa shape index (κ2) is 10.7. The van der Waals surface area contributed by atoms with Crippen molar-refractivity contribution in [1.29, 1.82) is 0 Å². The highest BCUT2D eigenvalue weighted by molar-refractivity contribution is 7.99. The maximum Gasteiger partial charge on any atom is 0.234 e. The molecule has 0 unspecified atom stereocenters. The van der Waals surface area contributed by atoms with Crippen LogP contribution >= 0.6 is 11.8 Å². The molecule has 7 nitrogen and oxygen atoms in total. The van der Waals surface area contributed by atoms with E-state index >= 15 is 0 Å². The normalized spacial score (nSPS) is 11.1. The van der Waals surface area contributed by atoms with Crippen molar-refractivity contribution in [2.45, 2.75) is 25.4 Å². The maximum atomic E-state index is 12.7. The molecular weight excluding hydrogens is 470 g/mol. The Labute approximate surface area is 213 Å².